The quantitative estimate of drug-likeness (QED) is 0.239. The zero-order chi connectivity index (χ0) is 14.4. The van der Waals surface area contributed by atoms with E-state index in [1.165, 1.54) is 0 Å². The first-order chi connectivity index (χ1) is 9.01. The average molecular weight is 278 g/mol. The van der Waals surface area contributed by atoms with E-state index in [4.69, 9.17) is 14.6 Å². The van der Waals surface area contributed by atoms with Gasteiger partial charge in [0.15, 0.2) is 6.29 Å². The van der Waals surface area contributed by atoms with E-state index in [0.717, 1.165) is 6.08 Å². The van der Waals surface area contributed by atoms with E-state index in [1.807, 2.05) is 0 Å². The number of hydrogen-bond acceptors (Lipinski definition) is 8. The van der Waals surface area contributed by atoms with Crippen LogP contribution in [0.15, 0.2) is 12.7 Å². The first-order valence-corrected chi connectivity index (χ1v) is 5.72. The summed E-state index contributed by atoms with van der Waals surface area (Å²) >= 11 is 0. The molecule has 0 aromatic rings. The summed E-state index contributed by atoms with van der Waals surface area (Å²) in [7, 11) is 0. The van der Waals surface area contributed by atoms with Gasteiger partial charge >= 0.3 is 5.97 Å². The van der Waals surface area contributed by atoms with Crippen LogP contribution in [0, 0.1) is 0 Å². The zero-order valence-corrected chi connectivity index (χ0v) is 10.2. The molecule has 1 fully saturated rings. The minimum atomic E-state index is -1.49. The molecule has 0 aromatic heterocycles. The Morgan fingerprint density at radius 3 is 2.47 bits per heavy atom. The molecule has 110 valence electrons. The Morgan fingerprint density at radius 2 is 1.89 bits per heavy atom. The van der Waals surface area contributed by atoms with Gasteiger partial charge in [-0.15, -0.1) is 0 Å². The minimum absolute atomic E-state index is 0.0811. The van der Waals surface area contributed by atoms with Gasteiger partial charge in [0.05, 0.1) is 13.2 Å². The maximum Gasteiger partial charge on any atom is 0.330 e. The molecule has 19 heavy (non-hydrogen) atoms. The summed E-state index contributed by atoms with van der Waals surface area (Å²) < 4.78 is 14.8. The van der Waals surface area contributed by atoms with Crippen LogP contribution in [0.3, 0.4) is 0 Å². The summed E-state index contributed by atoms with van der Waals surface area (Å²) in [6.07, 6.45) is -5.65. The summed E-state index contributed by atoms with van der Waals surface area (Å²) in [5.41, 5.74) is 0. The second kappa shape index (κ2) is 7.53. The van der Waals surface area contributed by atoms with E-state index < -0.39 is 43.3 Å². The third kappa shape index (κ3) is 4.23. The molecule has 1 saturated heterocycles. The van der Waals surface area contributed by atoms with Gasteiger partial charge in [0.1, 0.15) is 31.0 Å². The molecule has 0 aromatic carbocycles. The molecule has 0 spiro atoms. The number of hydrogen-bond donors (Lipinski definition) is 4. The molecule has 0 bridgehead atoms. The molecule has 4 N–H and O–H groups in total. The summed E-state index contributed by atoms with van der Waals surface area (Å²) in [6.45, 7) is 2.52. The number of esters is 1. The smallest absolute Gasteiger partial charge is 0.330 e. The van der Waals surface area contributed by atoms with Crippen LogP contribution in [0.1, 0.15) is 0 Å². The number of aliphatic hydroxyl groups excluding tert-OH is 4. The van der Waals surface area contributed by atoms with Crippen molar-refractivity contribution in [2.24, 2.45) is 0 Å². The van der Waals surface area contributed by atoms with Crippen LogP contribution in [0.5, 0.6) is 0 Å². The molecule has 0 aliphatic carbocycles. The van der Waals surface area contributed by atoms with Crippen LogP contribution in [-0.4, -0.2) is 76.9 Å². The van der Waals surface area contributed by atoms with Gasteiger partial charge in [-0.2, -0.15) is 0 Å². The van der Waals surface area contributed by atoms with Gasteiger partial charge in [0.2, 0.25) is 0 Å². The topological polar surface area (TPSA) is 126 Å². The number of carbonyl (C=O) groups excluding carboxylic acids is 1. The highest BCUT2D eigenvalue weighted by atomic mass is 16.7. The van der Waals surface area contributed by atoms with E-state index in [9.17, 15) is 20.1 Å². The third-order valence-electron chi connectivity index (χ3n) is 2.62. The second-order valence-electron chi connectivity index (χ2n) is 3.94. The van der Waals surface area contributed by atoms with E-state index in [0.29, 0.717) is 0 Å². The summed E-state index contributed by atoms with van der Waals surface area (Å²) in [5, 5.41) is 37.6. The highest BCUT2D eigenvalue weighted by molar-refractivity contribution is 5.81. The maximum absolute atomic E-state index is 10.7. The lowest BCUT2D eigenvalue weighted by molar-refractivity contribution is -0.302. The molecule has 1 aliphatic heterocycles. The Hall–Kier alpha value is -1.03. The lowest BCUT2D eigenvalue weighted by Gasteiger charge is -2.39. The van der Waals surface area contributed by atoms with Crippen molar-refractivity contribution in [2.45, 2.75) is 30.7 Å². The van der Waals surface area contributed by atoms with Gasteiger partial charge in [-0.05, 0) is 0 Å². The van der Waals surface area contributed by atoms with Crippen molar-refractivity contribution in [3.8, 4) is 0 Å². The van der Waals surface area contributed by atoms with Crippen molar-refractivity contribution >= 4 is 5.97 Å². The van der Waals surface area contributed by atoms with Gasteiger partial charge in [-0.3, -0.25) is 0 Å². The average Bonchev–Trinajstić information content (AvgIpc) is 2.42. The molecule has 1 heterocycles. The Morgan fingerprint density at radius 1 is 1.21 bits per heavy atom. The van der Waals surface area contributed by atoms with Crippen molar-refractivity contribution in [3.63, 3.8) is 0 Å². The van der Waals surface area contributed by atoms with E-state index in [2.05, 4.69) is 11.3 Å². The van der Waals surface area contributed by atoms with Crippen LogP contribution in [0.2, 0.25) is 0 Å². The van der Waals surface area contributed by atoms with Crippen LogP contribution in [0.4, 0.5) is 0 Å². The van der Waals surface area contributed by atoms with E-state index >= 15 is 0 Å². The summed E-state index contributed by atoms with van der Waals surface area (Å²) in [4.78, 5) is 10.7. The zero-order valence-electron chi connectivity index (χ0n) is 10.2. The van der Waals surface area contributed by atoms with Crippen molar-refractivity contribution in [3.05, 3.63) is 12.7 Å². The van der Waals surface area contributed by atoms with E-state index in [1.54, 1.807) is 0 Å². The highest BCUT2D eigenvalue weighted by Crippen LogP contribution is 2.21. The number of rotatable bonds is 6. The molecule has 0 radical (unpaired) electrons. The number of ether oxygens (including phenoxy) is 3. The first-order valence-electron chi connectivity index (χ1n) is 5.72. The van der Waals surface area contributed by atoms with Crippen LogP contribution < -0.4 is 0 Å². The molecule has 1 aliphatic rings. The standard InChI is InChI=1S/C11H18O8/c1-2-7(13)17-3-4-18-11-10(16)9(15)8(14)6(5-12)19-11/h2,6,8-12,14-16H,1,3-5H2/t6-,8+,9+,10-,11?/m1/s1. The number of carbonyl (C=O) groups is 1. The summed E-state index contributed by atoms with van der Waals surface area (Å²) in [6, 6.07) is 0. The first kappa shape index (κ1) is 16.0. The minimum Gasteiger partial charge on any atom is -0.460 e. The molecule has 8 heteroatoms. The molecule has 8 nitrogen and oxygen atoms in total. The fourth-order valence-corrected chi connectivity index (χ4v) is 1.57. The van der Waals surface area contributed by atoms with Gasteiger partial charge < -0.3 is 34.6 Å². The SMILES string of the molecule is C=CC(=O)OCCOC1O[C@H](CO)[C@H](O)[C@H](O)[C@H]1O. The van der Waals surface area contributed by atoms with Crippen molar-refractivity contribution in [1.82, 2.24) is 0 Å². The molecule has 0 amide bonds. The lowest BCUT2D eigenvalue weighted by Crippen LogP contribution is -2.59. The Kier molecular flexibility index (Phi) is 6.35. The third-order valence-corrected chi connectivity index (χ3v) is 2.62. The molecule has 1 rings (SSSR count). The Labute approximate surface area is 109 Å². The fraction of sp³-hybridized carbons (Fsp3) is 0.727. The van der Waals surface area contributed by atoms with Crippen LogP contribution in [-0.2, 0) is 19.0 Å². The Balaban J connectivity index is 2.39. The molecular formula is C11H18O8. The maximum atomic E-state index is 10.7. The van der Waals surface area contributed by atoms with Crippen molar-refractivity contribution in [1.29, 1.82) is 0 Å². The largest absolute Gasteiger partial charge is 0.460 e. The van der Waals surface area contributed by atoms with Crippen LogP contribution in [0.25, 0.3) is 0 Å². The van der Waals surface area contributed by atoms with Gasteiger partial charge in [-0.25, -0.2) is 4.79 Å². The highest BCUT2D eigenvalue weighted by Gasteiger charge is 2.43. The normalized spacial score (nSPS) is 34.8. The van der Waals surface area contributed by atoms with Crippen molar-refractivity contribution in [2.75, 3.05) is 19.8 Å². The predicted octanol–water partition coefficient (Wildman–Crippen LogP) is -2.47. The van der Waals surface area contributed by atoms with E-state index in [-0.39, 0.29) is 13.2 Å². The molecule has 1 unspecified atom stereocenters. The van der Waals surface area contributed by atoms with Crippen molar-refractivity contribution < 1.29 is 39.4 Å². The monoisotopic (exact) mass is 278 g/mol. The van der Waals surface area contributed by atoms with Gasteiger partial charge in [-0.1, -0.05) is 6.58 Å². The van der Waals surface area contributed by atoms with Crippen LogP contribution >= 0.6 is 0 Å². The summed E-state index contributed by atoms with van der Waals surface area (Å²) in [5.74, 6) is -0.614. The molecule has 0 saturated carbocycles. The Bertz CT molecular complexity index is 305. The molecular weight excluding hydrogens is 260 g/mol. The molecule has 5 atom stereocenters. The second-order valence-corrected chi connectivity index (χ2v) is 3.94. The number of aliphatic hydroxyl groups is 4. The van der Waals surface area contributed by atoms with Gasteiger partial charge in [0.25, 0.3) is 0 Å². The fourth-order valence-electron chi connectivity index (χ4n) is 1.57. The van der Waals surface area contributed by atoms with Gasteiger partial charge in [0, 0.05) is 6.08 Å². The lowest BCUT2D eigenvalue weighted by atomic mass is 9.99. The predicted molar refractivity (Wildman–Crippen MR) is 60.9 cm³/mol.